The third-order valence-corrected chi connectivity index (χ3v) is 9.23. The van der Waals surface area contributed by atoms with Crippen molar-refractivity contribution in [3.63, 3.8) is 0 Å². The molecule has 16 heteroatoms. The molecular formula is C37H24F6N2O8. The van der Waals surface area contributed by atoms with Gasteiger partial charge in [-0.15, -0.1) is 0 Å². The average Bonchev–Trinajstić information content (AvgIpc) is 3.48. The molecule has 0 N–H and O–H groups in total. The van der Waals surface area contributed by atoms with Crippen LogP contribution in [0.1, 0.15) is 78.8 Å². The van der Waals surface area contributed by atoms with Crippen LogP contribution >= 0.6 is 0 Å². The fourth-order valence-electron chi connectivity index (χ4n) is 6.64. The van der Waals surface area contributed by atoms with Crippen LogP contribution in [0.25, 0.3) is 11.1 Å². The molecule has 272 valence electrons. The molecule has 2 aliphatic heterocycles. The molecule has 2 heterocycles. The minimum Gasteiger partial charge on any atom is -0.465 e. The molecule has 4 aromatic rings. The van der Waals surface area contributed by atoms with Crippen molar-refractivity contribution in [3.8, 4) is 11.1 Å². The lowest BCUT2D eigenvalue weighted by atomic mass is 9.71. The number of anilines is 1. The highest BCUT2D eigenvalue weighted by atomic mass is 19.4. The summed E-state index contributed by atoms with van der Waals surface area (Å²) in [6.45, 7) is 1.70. The molecule has 4 aromatic carbocycles. The lowest BCUT2D eigenvalue weighted by Gasteiger charge is -2.38. The molecule has 0 fully saturated rings. The standard InChI is InChI=1S/C37H24F6N2O8/c1-17-5-9-21(27(13-17)33(50)52-3)22-12-8-20(16-28(22)34(51)53-4)45-31(48)24-11-7-19(15-26(24)32(45)49)35(36(38,39)40,37(41,42)43)18-6-10-23-25(14-18)30(47)44(2)29(23)46/h5-16H,1-4H3. The third kappa shape index (κ3) is 5.35. The number of alkyl halides is 6. The van der Waals surface area contributed by atoms with E-state index in [1.54, 1.807) is 13.0 Å². The van der Waals surface area contributed by atoms with Crippen LogP contribution in [-0.2, 0) is 14.9 Å². The van der Waals surface area contributed by atoms with Crippen molar-refractivity contribution in [2.45, 2.75) is 24.7 Å². The molecule has 0 aliphatic carbocycles. The number of aryl methyl sites for hydroxylation is 1. The van der Waals surface area contributed by atoms with Crippen LogP contribution in [0.4, 0.5) is 32.0 Å². The van der Waals surface area contributed by atoms with E-state index in [9.17, 15) is 28.8 Å². The van der Waals surface area contributed by atoms with Gasteiger partial charge in [-0.2, -0.15) is 26.3 Å². The van der Waals surface area contributed by atoms with E-state index in [4.69, 9.17) is 9.47 Å². The lowest BCUT2D eigenvalue weighted by Crippen LogP contribution is -2.55. The normalized spacial score (nSPS) is 14.5. The van der Waals surface area contributed by atoms with Gasteiger partial charge in [-0.1, -0.05) is 35.9 Å². The van der Waals surface area contributed by atoms with Crippen LogP contribution in [-0.4, -0.2) is 74.1 Å². The van der Waals surface area contributed by atoms with E-state index >= 15 is 26.3 Å². The third-order valence-electron chi connectivity index (χ3n) is 9.23. The number of hydrogen-bond donors (Lipinski definition) is 0. The number of methoxy groups -OCH3 is 2. The number of benzene rings is 4. The van der Waals surface area contributed by atoms with E-state index in [-0.39, 0.29) is 27.9 Å². The molecule has 6 rings (SSSR count). The van der Waals surface area contributed by atoms with Crippen molar-refractivity contribution in [3.05, 3.63) is 123 Å². The van der Waals surface area contributed by atoms with Gasteiger partial charge in [0.15, 0.2) is 0 Å². The van der Waals surface area contributed by atoms with E-state index < -0.39 is 86.7 Å². The minimum absolute atomic E-state index is 0.0582. The van der Waals surface area contributed by atoms with Crippen LogP contribution < -0.4 is 4.90 Å². The molecule has 0 saturated heterocycles. The highest BCUT2D eigenvalue weighted by molar-refractivity contribution is 6.34. The zero-order valence-corrected chi connectivity index (χ0v) is 27.9. The number of nitrogens with zero attached hydrogens (tertiary/aromatic N) is 2. The first-order chi connectivity index (χ1) is 24.8. The van der Waals surface area contributed by atoms with E-state index in [0.29, 0.717) is 51.8 Å². The summed E-state index contributed by atoms with van der Waals surface area (Å²) in [7, 11) is 3.20. The summed E-state index contributed by atoms with van der Waals surface area (Å²) < 4.78 is 100. The number of amides is 4. The Kier molecular flexibility index (Phi) is 8.55. The summed E-state index contributed by atoms with van der Waals surface area (Å²) >= 11 is 0. The van der Waals surface area contributed by atoms with Gasteiger partial charge in [0.25, 0.3) is 23.6 Å². The first kappa shape index (κ1) is 36.5. The Morgan fingerprint density at radius 2 is 0.962 bits per heavy atom. The van der Waals surface area contributed by atoms with Crippen molar-refractivity contribution < 1.29 is 64.6 Å². The molecule has 0 bridgehead atoms. The second-order valence-corrected chi connectivity index (χ2v) is 12.1. The summed E-state index contributed by atoms with van der Waals surface area (Å²) in [5.41, 5.74) is -9.71. The van der Waals surface area contributed by atoms with Crippen LogP contribution in [0.5, 0.6) is 0 Å². The zero-order chi connectivity index (χ0) is 38.9. The summed E-state index contributed by atoms with van der Waals surface area (Å²) in [6, 6.07) is 11.0. The first-order valence-corrected chi connectivity index (χ1v) is 15.4. The second-order valence-electron chi connectivity index (χ2n) is 12.1. The number of fused-ring (bicyclic) bond motifs is 2. The van der Waals surface area contributed by atoms with E-state index in [1.807, 2.05) is 0 Å². The van der Waals surface area contributed by atoms with Gasteiger partial charge in [-0.05, 0) is 71.6 Å². The summed E-state index contributed by atoms with van der Waals surface area (Å²) in [4.78, 5) is 78.9. The average molecular weight is 739 g/mol. The second kappa shape index (κ2) is 12.4. The highest BCUT2D eigenvalue weighted by Crippen LogP contribution is 2.57. The molecule has 0 aromatic heterocycles. The van der Waals surface area contributed by atoms with E-state index in [0.717, 1.165) is 27.3 Å². The quantitative estimate of drug-likeness (QED) is 0.122. The summed E-state index contributed by atoms with van der Waals surface area (Å²) in [5.74, 6) is -6.19. The van der Waals surface area contributed by atoms with Gasteiger partial charge in [-0.3, -0.25) is 24.1 Å². The summed E-state index contributed by atoms with van der Waals surface area (Å²) in [6.07, 6.45) is -12.3. The number of hydrogen-bond acceptors (Lipinski definition) is 8. The highest BCUT2D eigenvalue weighted by Gasteiger charge is 2.73. The number of carbonyl (C=O) groups excluding carboxylic acids is 6. The SMILES string of the molecule is COC(=O)c1cc(C)ccc1-c1ccc(N2C(=O)c3ccc(C(c4ccc5c(c4)C(=O)N(C)C5=O)(C(F)(F)F)C(F)(F)F)cc3C2=O)cc1C(=O)OC. The van der Waals surface area contributed by atoms with Crippen molar-refractivity contribution in [2.75, 3.05) is 26.2 Å². The van der Waals surface area contributed by atoms with Gasteiger partial charge in [0.2, 0.25) is 5.41 Å². The summed E-state index contributed by atoms with van der Waals surface area (Å²) in [5, 5.41) is 0. The van der Waals surface area contributed by atoms with Crippen LogP contribution in [0.15, 0.2) is 72.8 Å². The maximum absolute atomic E-state index is 15.0. The number of rotatable bonds is 6. The molecular weight excluding hydrogens is 714 g/mol. The molecule has 0 atom stereocenters. The molecule has 4 amide bonds. The molecule has 0 saturated carbocycles. The largest absolute Gasteiger partial charge is 0.465 e. The Hall–Kier alpha value is -6.32. The Labute approximate surface area is 295 Å². The van der Waals surface area contributed by atoms with Gasteiger partial charge >= 0.3 is 24.3 Å². The van der Waals surface area contributed by atoms with Gasteiger partial charge in [0.1, 0.15) is 0 Å². The number of carbonyl (C=O) groups is 6. The van der Waals surface area contributed by atoms with Crippen LogP contribution in [0.2, 0.25) is 0 Å². The first-order valence-electron chi connectivity index (χ1n) is 15.4. The number of ether oxygens (including phenoxy) is 2. The van der Waals surface area contributed by atoms with Crippen molar-refractivity contribution in [2.24, 2.45) is 0 Å². The molecule has 0 spiro atoms. The lowest BCUT2D eigenvalue weighted by molar-refractivity contribution is -0.288. The number of esters is 2. The molecule has 0 unspecified atom stereocenters. The van der Waals surface area contributed by atoms with Gasteiger partial charge < -0.3 is 9.47 Å². The Bertz CT molecular complexity index is 2300. The maximum atomic E-state index is 15.0. The molecule has 10 nitrogen and oxygen atoms in total. The van der Waals surface area contributed by atoms with Crippen molar-refractivity contribution in [1.82, 2.24) is 4.90 Å². The van der Waals surface area contributed by atoms with E-state index in [2.05, 4.69) is 0 Å². The Morgan fingerprint density at radius 1 is 0.547 bits per heavy atom. The smallest absolute Gasteiger partial charge is 0.411 e. The zero-order valence-electron chi connectivity index (χ0n) is 27.9. The van der Waals surface area contributed by atoms with Crippen molar-refractivity contribution >= 4 is 41.3 Å². The molecule has 0 radical (unpaired) electrons. The molecule has 2 aliphatic rings. The monoisotopic (exact) mass is 738 g/mol. The van der Waals surface area contributed by atoms with Gasteiger partial charge in [0.05, 0.1) is 53.3 Å². The molecule has 53 heavy (non-hydrogen) atoms. The van der Waals surface area contributed by atoms with E-state index in [1.165, 1.54) is 24.3 Å². The predicted octanol–water partition coefficient (Wildman–Crippen LogP) is 6.67. The Morgan fingerprint density at radius 3 is 1.47 bits per heavy atom. The topological polar surface area (TPSA) is 127 Å². The van der Waals surface area contributed by atoms with Gasteiger partial charge in [-0.25, -0.2) is 14.5 Å². The predicted molar refractivity (Wildman–Crippen MR) is 173 cm³/mol. The van der Waals surface area contributed by atoms with Crippen LogP contribution in [0.3, 0.4) is 0 Å². The number of imide groups is 2. The Balaban J connectivity index is 1.50. The van der Waals surface area contributed by atoms with Crippen LogP contribution in [0, 0.1) is 6.92 Å². The van der Waals surface area contributed by atoms with Gasteiger partial charge in [0, 0.05) is 7.05 Å². The fourth-order valence-corrected chi connectivity index (χ4v) is 6.64. The minimum atomic E-state index is -6.14. The number of halogens is 6. The maximum Gasteiger partial charge on any atom is 0.411 e. The fraction of sp³-hybridized carbons (Fsp3) is 0.189. The van der Waals surface area contributed by atoms with Crippen molar-refractivity contribution in [1.29, 1.82) is 0 Å².